The predicted octanol–water partition coefficient (Wildman–Crippen LogP) is 5.89. The molecule has 144 valence electrons. The molecule has 1 unspecified atom stereocenters. The fourth-order valence-corrected chi connectivity index (χ4v) is 5.60. The fraction of sp³-hybridized carbons (Fsp3) is 0.476. The van der Waals surface area contributed by atoms with Crippen LogP contribution in [-0.4, -0.2) is 19.8 Å². The van der Waals surface area contributed by atoms with E-state index in [1.807, 2.05) is 0 Å². The van der Waals surface area contributed by atoms with Gasteiger partial charge in [-0.2, -0.15) is 5.26 Å². The summed E-state index contributed by atoms with van der Waals surface area (Å²) in [6, 6.07) is 10.4. The van der Waals surface area contributed by atoms with Crippen molar-refractivity contribution < 1.29 is 8.82 Å². The van der Waals surface area contributed by atoms with E-state index < -0.39 is 14.4 Å². The Morgan fingerprint density at radius 1 is 1.30 bits per heavy atom. The molecular formula is C21H27FN2OSSi. The van der Waals surface area contributed by atoms with Crippen molar-refractivity contribution in [3.05, 3.63) is 52.2 Å². The topological polar surface area (TPSA) is 36.3 Å². The highest BCUT2D eigenvalue weighted by Crippen LogP contribution is 2.42. The first-order valence-electron chi connectivity index (χ1n) is 9.31. The van der Waals surface area contributed by atoms with Gasteiger partial charge >= 0.3 is 0 Å². The van der Waals surface area contributed by atoms with Crippen LogP contribution in [0.4, 0.5) is 4.39 Å². The first-order valence-corrected chi connectivity index (χ1v) is 13.0. The molecule has 0 saturated carbocycles. The van der Waals surface area contributed by atoms with Crippen LogP contribution in [0.3, 0.4) is 0 Å². The molecule has 1 aliphatic heterocycles. The summed E-state index contributed by atoms with van der Waals surface area (Å²) in [4.78, 5) is 3.38. The molecule has 1 aromatic carbocycles. The number of rotatable bonds is 4. The Kier molecular flexibility index (Phi) is 5.49. The van der Waals surface area contributed by atoms with Gasteiger partial charge in [0.1, 0.15) is 11.9 Å². The van der Waals surface area contributed by atoms with Gasteiger partial charge in [0, 0.05) is 23.5 Å². The van der Waals surface area contributed by atoms with Crippen molar-refractivity contribution in [2.45, 2.75) is 57.9 Å². The summed E-state index contributed by atoms with van der Waals surface area (Å²) in [6.07, 6.45) is 0.869. The van der Waals surface area contributed by atoms with Crippen molar-refractivity contribution in [3.8, 4) is 11.1 Å². The summed E-state index contributed by atoms with van der Waals surface area (Å²) in [5.74, 6) is -0.317. The standard InChI is InChI=1S/C21H27FN2OSSi/c1-21(2,3)27(4,5)25-20-12-15-14-24(11-10-19(15)26-20)18(13-23)16-8-6-7-9-17(16)22/h6-9,12,18H,10-11,14H2,1-5H3. The molecule has 1 aliphatic rings. The number of nitriles is 1. The lowest BCUT2D eigenvalue weighted by atomic mass is 10.0. The molecule has 3 nitrogen and oxygen atoms in total. The van der Waals surface area contributed by atoms with Gasteiger partial charge in [-0.05, 0) is 42.2 Å². The van der Waals surface area contributed by atoms with Crippen LogP contribution in [0, 0.1) is 17.1 Å². The lowest BCUT2D eigenvalue weighted by molar-refractivity contribution is 0.215. The van der Waals surface area contributed by atoms with Gasteiger partial charge in [0.2, 0.25) is 0 Å². The molecule has 0 amide bonds. The molecule has 1 aromatic heterocycles. The van der Waals surface area contributed by atoms with Crippen LogP contribution < -0.4 is 4.43 Å². The smallest absolute Gasteiger partial charge is 0.251 e. The summed E-state index contributed by atoms with van der Waals surface area (Å²) in [7, 11) is -1.87. The lowest BCUT2D eigenvalue weighted by Crippen LogP contribution is -2.43. The summed E-state index contributed by atoms with van der Waals surface area (Å²) in [6.45, 7) is 12.6. The van der Waals surface area contributed by atoms with Gasteiger partial charge < -0.3 is 4.43 Å². The molecule has 2 aromatic rings. The second kappa shape index (κ2) is 7.38. The predicted molar refractivity (Wildman–Crippen MR) is 111 cm³/mol. The van der Waals surface area contributed by atoms with E-state index in [-0.39, 0.29) is 10.9 Å². The maximum atomic E-state index is 14.2. The van der Waals surface area contributed by atoms with Gasteiger partial charge in [0.15, 0.2) is 5.06 Å². The van der Waals surface area contributed by atoms with Crippen LogP contribution in [-0.2, 0) is 13.0 Å². The largest absolute Gasteiger partial charge is 0.537 e. The van der Waals surface area contributed by atoms with Crippen molar-refractivity contribution in [2.24, 2.45) is 0 Å². The zero-order valence-electron chi connectivity index (χ0n) is 16.7. The van der Waals surface area contributed by atoms with Gasteiger partial charge in [0.05, 0.1) is 6.07 Å². The van der Waals surface area contributed by atoms with E-state index >= 15 is 0 Å². The second-order valence-electron chi connectivity index (χ2n) is 8.65. The van der Waals surface area contributed by atoms with E-state index in [1.165, 1.54) is 16.5 Å². The van der Waals surface area contributed by atoms with Crippen LogP contribution >= 0.6 is 11.3 Å². The molecule has 0 saturated heterocycles. The third kappa shape index (κ3) is 4.10. The number of benzene rings is 1. The lowest BCUT2D eigenvalue weighted by Gasteiger charge is -2.35. The van der Waals surface area contributed by atoms with E-state index in [2.05, 4.69) is 50.9 Å². The van der Waals surface area contributed by atoms with Crippen molar-refractivity contribution in [1.82, 2.24) is 4.90 Å². The molecule has 2 heterocycles. The molecule has 0 radical (unpaired) electrons. The Hall–Kier alpha value is -1.68. The number of hydrogen-bond acceptors (Lipinski definition) is 4. The van der Waals surface area contributed by atoms with Crippen molar-refractivity contribution >= 4 is 19.7 Å². The molecular weight excluding hydrogens is 375 g/mol. The number of thiophene rings is 1. The third-order valence-electron chi connectivity index (χ3n) is 5.72. The Bertz CT molecular complexity index is 866. The molecule has 3 rings (SSSR count). The number of halogens is 1. The average Bonchev–Trinajstić information content (AvgIpc) is 2.97. The highest BCUT2D eigenvalue weighted by atomic mass is 32.1. The number of hydrogen-bond donors (Lipinski definition) is 0. The van der Waals surface area contributed by atoms with E-state index in [9.17, 15) is 9.65 Å². The minimum atomic E-state index is -1.87. The van der Waals surface area contributed by atoms with E-state index in [0.29, 0.717) is 12.1 Å². The van der Waals surface area contributed by atoms with Crippen LogP contribution in [0.5, 0.6) is 5.06 Å². The Labute approximate surface area is 166 Å². The zero-order chi connectivity index (χ0) is 19.8. The molecule has 0 spiro atoms. The van der Waals surface area contributed by atoms with Crippen LogP contribution in [0.2, 0.25) is 18.1 Å². The number of nitrogens with zero attached hydrogens (tertiary/aromatic N) is 2. The SMILES string of the molecule is CC(C)(C)[Si](C)(C)Oc1cc2c(s1)CCN(C(C#N)c1ccccc1F)C2. The summed E-state index contributed by atoms with van der Waals surface area (Å²) in [5.41, 5.74) is 1.66. The van der Waals surface area contributed by atoms with E-state index in [0.717, 1.165) is 18.0 Å². The fourth-order valence-electron chi connectivity index (χ4n) is 3.05. The van der Waals surface area contributed by atoms with Gasteiger partial charge in [-0.25, -0.2) is 4.39 Å². The monoisotopic (exact) mass is 402 g/mol. The van der Waals surface area contributed by atoms with Crippen LogP contribution in [0.25, 0.3) is 0 Å². The van der Waals surface area contributed by atoms with Crippen LogP contribution in [0.1, 0.15) is 42.8 Å². The molecule has 6 heteroatoms. The minimum Gasteiger partial charge on any atom is -0.537 e. The van der Waals surface area contributed by atoms with Gasteiger partial charge in [-0.1, -0.05) is 39.0 Å². The van der Waals surface area contributed by atoms with Crippen molar-refractivity contribution in [1.29, 1.82) is 5.26 Å². The first-order chi connectivity index (χ1) is 12.6. The molecule has 0 fully saturated rings. The van der Waals surface area contributed by atoms with Crippen LogP contribution in [0.15, 0.2) is 30.3 Å². The second-order valence-corrected chi connectivity index (χ2v) is 14.5. The highest BCUT2D eigenvalue weighted by molar-refractivity contribution is 7.14. The zero-order valence-corrected chi connectivity index (χ0v) is 18.5. The molecule has 0 N–H and O–H groups in total. The van der Waals surface area contributed by atoms with E-state index in [4.69, 9.17) is 4.43 Å². The number of fused-ring (bicyclic) bond motifs is 1. The maximum absolute atomic E-state index is 14.2. The summed E-state index contributed by atoms with van der Waals surface area (Å²) >= 11 is 1.73. The summed E-state index contributed by atoms with van der Waals surface area (Å²) in [5, 5.41) is 10.8. The third-order valence-corrected chi connectivity index (χ3v) is 11.3. The van der Waals surface area contributed by atoms with Gasteiger partial charge in [-0.3, -0.25) is 4.90 Å². The summed E-state index contributed by atoms with van der Waals surface area (Å²) < 4.78 is 20.6. The Balaban J connectivity index is 1.80. The first kappa shape index (κ1) is 20.1. The Morgan fingerprint density at radius 2 is 2.00 bits per heavy atom. The van der Waals surface area contributed by atoms with Gasteiger partial charge in [0.25, 0.3) is 8.32 Å². The normalized spacial score (nSPS) is 16.5. The molecule has 0 bridgehead atoms. The quantitative estimate of drug-likeness (QED) is 0.598. The molecule has 27 heavy (non-hydrogen) atoms. The minimum absolute atomic E-state index is 0.153. The molecule has 0 aliphatic carbocycles. The Morgan fingerprint density at radius 3 is 2.63 bits per heavy atom. The average molecular weight is 403 g/mol. The van der Waals surface area contributed by atoms with Gasteiger partial charge in [-0.15, -0.1) is 11.3 Å². The van der Waals surface area contributed by atoms with E-state index in [1.54, 1.807) is 29.5 Å². The van der Waals surface area contributed by atoms with Crippen molar-refractivity contribution in [3.63, 3.8) is 0 Å². The van der Waals surface area contributed by atoms with Crippen molar-refractivity contribution in [2.75, 3.05) is 6.54 Å². The highest BCUT2D eigenvalue weighted by Gasteiger charge is 2.39. The maximum Gasteiger partial charge on any atom is 0.251 e. The molecule has 1 atom stereocenters.